The first-order chi connectivity index (χ1) is 17.2. The Kier molecular flexibility index (Phi) is 7.28. The van der Waals surface area contributed by atoms with Crippen molar-refractivity contribution in [3.05, 3.63) is 102 Å². The van der Waals surface area contributed by atoms with Crippen LogP contribution in [0.3, 0.4) is 0 Å². The topological polar surface area (TPSA) is 77.0 Å². The fourth-order valence-electron chi connectivity index (χ4n) is 3.72. The predicted molar refractivity (Wildman–Crippen MR) is 130 cm³/mol. The number of carbonyl (C=O) groups is 1. The quantitative estimate of drug-likeness (QED) is 0.333. The number of nitrogens with zero attached hydrogens (tertiary/aromatic N) is 3. The van der Waals surface area contributed by atoms with E-state index in [9.17, 15) is 18.0 Å². The number of nitrogens with one attached hydrogen (secondary N) is 1. The molecule has 0 spiro atoms. The number of rotatable bonds is 7. The Morgan fingerprint density at radius 1 is 1.00 bits per heavy atom. The van der Waals surface area contributed by atoms with Gasteiger partial charge in [0.15, 0.2) is 0 Å². The first-order valence-electron chi connectivity index (χ1n) is 11.2. The van der Waals surface area contributed by atoms with Gasteiger partial charge in [-0.1, -0.05) is 6.07 Å². The molecule has 0 aliphatic rings. The second kappa shape index (κ2) is 10.6. The molecule has 2 heterocycles. The van der Waals surface area contributed by atoms with E-state index in [0.29, 0.717) is 28.4 Å². The van der Waals surface area contributed by atoms with Crippen LogP contribution in [-0.2, 0) is 12.6 Å². The number of anilines is 1. The molecule has 6 nitrogen and oxygen atoms in total. The van der Waals surface area contributed by atoms with Gasteiger partial charge >= 0.3 is 6.18 Å². The molecule has 0 saturated carbocycles. The summed E-state index contributed by atoms with van der Waals surface area (Å²) in [5.74, 6) is 0.0343. The number of amides is 1. The summed E-state index contributed by atoms with van der Waals surface area (Å²) >= 11 is 0. The van der Waals surface area contributed by atoms with Crippen molar-refractivity contribution in [1.82, 2.24) is 15.0 Å². The van der Waals surface area contributed by atoms with Crippen molar-refractivity contribution in [2.45, 2.75) is 32.5 Å². The van der Waals surface area contributed by atoms with Crippen LogP contribution in [0.25, 0.3) is 11.3 Å². The van der Waals surface area contributed by atoms with E-state index in [1.54, 1.807) is 48.7 Å². The second-order valence-corrected chi connectivity index (χ2v) is 8.29. The molecule has 9 heteroatoms. The zero-order valence-electron chi connectivity index (χ0n) is 19.6. The number of alkyl halides is 3. The standard InChI is InChI=1S/C27H23F3N4O2/c1-17(2)36-21-6-3-5-20(15-21)34-26(35)18-8-9-23(27(28,29)30)19(13-18)14-25-22(7-4-11-32-25)24-10-12-31-16-33-24/h3-13,15-17H,14H2,1-2H3,(H,34,35). The van der Waals surface area contributed by atoms with E-state index in [-0.39, 0.29) is 23.7 Å². The minimum atomic E-state index is -4.60. The highest BCUT2D eigenvalue weighted by molar-refractivity contribution is 6.04. The first-order valence-corrected chi connectivity index (χ1v) is 11.2. The first kappa shape index (κ1) is 24.8. The largest absolute Gasteiger partial charge is 0.491 e. The van der Waals surface area contributed by atoms with Crippen LogP contribution in [0, 0.1) is 0 Å². The van der Waals surface area contributed by atoms with Crippen molar-refractivity contribution in [2.75, 3.05) is 5.32 Å². The molecule has 36 heavy (non-hydrogen) atoms. The van der Waals surface area contributed by atoms with Crippen molar-refractivity contribution in [3.63, 3.8) is 0 Å². The molecule has 2 aromatic heterocycles. The van der Waals surface area contributed by atoms with E-state index >= 15 is 0 Å². The Bertz CT molecular complexity index is 1360. The van der Waals surface area contributed by atoms with Crippen molar-refractivity contribution >= 4 is 11.6 Å². The van der Waals surface area contributed by atoms with E-state index in [1.165, 1.54) is 24.7 Å². The minimum Gasteiger partial charge on any atom is -0.491 e. The molecule has 0 aliphatic heterocycles. The van der Waals surface area contributed by atoms with Gasteiger partial charge in [-0.15, -0.1) is 0 Å². The molecule has 1 amide bonds. The van der Waals surface area contributed by atoms with Gasteiger partial charge in [0.05, 0.1) is 23.1 Å². The van der Waals surface area contributed by atoms with Gasteiger partial charge in [-0.3, -0.25) is 9.78 Å². The van der Waals surface area contributed by atoms with Gasteiger partial charge in [0.1, 0.15) is 12.1 Å². The summed E-state index contributed by atoms with van der Waals surface area (Å²) in [5.41, 5.74) is 1.19. The zero-order valence-corrected chi connectivity index (χ0v) is 19.6. The van der Waals surface area contributed by atoms with E-state index in [4.69, 9.17) is 4.74 Å². The SMILES string of the molecule is CC(C)Oc1cccc(NC(=O)c2ccc(C(F)(F)F)c(Cc3ncccc3-c3ccncn3)c2)c1. The number of benzene rings is 2. The Hall–Kier alpha value is -4.27. The minimum absolute atomic E-state index is 0.0488. The van der Waals surface area contributed by atoms with Crippen molar-refractivity contribution in [2.24, 2.45) is 0 Å². The van der Waals surface area contributed by atoms with Crippen LogP contribution in [0.2, 0.25) is 0 Å². The van der Waals surface area contributed by atoms with Crippen LogP contribution < -0.4 is 10.1 Å². The van der Waals surface area contributed by atoms with Crippen LogP contribution >= 0.6 is 0 Å². The second-order valence-electron chi connectivity index (χ2n) is 8.29. The molecule has 4 aromatic rings. The summed E-state index contributed by atoms with van der Waals surface area (Å²) in [4.78, 5) is 25.3. The molecule has 2 aromatic carbocycles. The number of carbonyl (C=O) groups excluding carboxylic acids is 1. The van der Waals surface area contributed by atoms with Crippen molar-refractivity contribution in [3.8, 4) is 17.0 Å². The number of ether oxygens (including phenoxy) is 1. The highest BCUT2D eigenvalue weighted by Gasteiger charge is 2.34. The number of pyridine rings is 1. The Labute approximate surface area is 206 Å². The van der Waals surface area contributed by atoms with E-state index in [2.05, 4.69) is 20.3 Å². The average Bonchev–Trinajstić information content (AvgIpc) is 2.84. The highest BCUT2D eigenvalue weighted by Crippen LogP contribution is 2.34. The van der Waals surface area contributed by atoms with Crippen molar-refractivity contribution < 1.29 is 22.7 Å². The predicted octanol–water partition coefficient (Wildman–Crippen LogP) is 6.19. The molecule has 0 fully saturated rings. The van der Waals surface area contributed by atoms with Gasteiger partial charge in [-0.25, -0.2) is 9.97 Å². The number of hydrogen-bond acceptors (Lipinski definition) is 5. The lowest BCUT2D eigenvalue weighted by atomic mass is 9.96. The molecule has 184 valence electrons. The van der Waals surface area contributed by atoms with Crippen LogP contribution in [-0.4, -0.2) is 27.0 Å². The summed E-state index contributed by atoms with van der Waals surface area (Å²) < 4.78 is 47.2. The maximum atomic E-state index is 13.8. The lowest BCUT2D eigenvalue weighted by Gasteiger charge is -2.16. The Morgan fingerprint density at radius 2 is 1.83 bits per heavy atom. The maximum Gasteiger partial charge on any atom is 0.416 e. The maximum absolute atomic E-state index is 13.8. The van der Waals surface area contributed by atoms with E-state index in [1.807, 2.05) is 13.8 Å². The summed E-state index contributed by atoms with van der Waals surface area (Å²) in [5, 5.41) is 2.73. The smallest absolute Gasteiger partial charge is 0.416 e. The molecule has 0 aliphatic carbocycles. The van der Waals surface area contributed by atoms with Gasteiger partial charge in [0, 0.05) is 41.7 Å². The molecule has 0 radical (unpaired) electrons. The highest BCUT2D eigenvalue weighted by atomic mass is 19.4. The van der Waals surface area contributed by atoms with Gasteiger partial charge in [0.2, 0.25) is 0 Å². The average molecular weight is 493 g/mol. The number of halogens is 3. The molecule has 0 unspecified atom stereocenters. The lowest BCUT2D eigenvalue weighted by Crippen LogP contribution is -2.16. The number of aromatic nitrogens is 3. The van der Waals surface area contributed by atoms with E-state index in [0.717, 1.165) is 6.07 Å². The monoisotopic (exact) mass is 492 g/mol. The normalized spacial score (nSPS) is 11.4. The third kappa shape index (κ3) is 6.04. The molecular weight excluding hydrogens is 469 g/mol. The van der Waals surface area contributed by atoms with Crippen LogP contribution in [0.15, 0.2) is 79.4 Å². The summed E-state index contributed by atoms with van der Waals surface area (Å²) in [6.45, 7) is 3.76. The van der Waals surface area contributed by atoms with Gasteiger partial charge in [0.25, 0.3) is 5.91 Å². The third-order valence-electron chi connectivity index (χ3n) is 5.24. The van der Waals surface area contributed by atoms with Gasteiger partial charge in [-0.05, 0) is 67.9 Å². The van der Waals surface area contributed by atoms with Crippen LogP contribution in [0.5, 0.6) is 5.75 Å². The molecule has 0 bridgehead atoms. The van der Waals surface area contributed by atoms with Crippen LogP contribution in [0.1, 0.15) is 41.0 Å². The van der Waals surface area contributed by atoms with E-state index < -0.39 is 17.6 Å². The zero-order chi connectivity index (χ0) is 25.7. The lowest BCUT2D eigenvalue weighted by molar-refractivity contribution is -0.138. The molecule has 0 atom stereocenters. The Balaban J connectivity index is 1.66. The molecular formula is C27H23F3N4O2. The van der Waals surface area contributed by atoms with Crippen LogP contribution in [0.4, 0.5) is 18.9 Å². The fraction of sp³-hybridized carbons (Fsp3) is 0.185. The molecule has 0 saturated heterocycles. The summed E-state index contributed by atoms with van der Waals surface area (Å²) in [6, 6.07) is 15.2. The van der Waals surface area contributed by atoms with Gasteiger partial charge in [-0.2, -0.15) is 13.2 Å². The molecule has 1 N–H and O–H groups in total. The summed E-state index contributed by atoms with van der Waals surface area (Å²) in [6.07, 6.45) is -0.376. The molecule has 4 rings (SSSR count). The Morgan fingerprint density at radius 3 is 2.56 bits per heavy atom. The fourth-order valence-corrected chi connectivity index (χ4v) is 3.72. The van der Waals surface area contributed by atoms with Gasteiger partial charge < -0.3 is 10.1 Å². The third-order valence-corrected chi connectivity index (χ3v) is 5.24. The summed E-state index contributed by atoms with van der Waals surface area (Å²) in [7, 11) is 0. The number of hydrogen-bond donors (Lipinski definition) is 1. The van der Waals surface area contributed by atoms with Crippen molar-refractivity contribution in [1.29, 1.82) is 0 Å².